The third-order valence-corrected chi connectivity index (χ3v) is 3.62. The highest BCUT2D eigenvalue weighted by atomic mass is 16.5. The molecule has 6 nitrogen and oxygen atoms in total. The molecule has 2 aromatic rings. The average Bonchev–Trinajstić information content (AvgIpc) is 2.81. The normalized spacial score (nSPS) is 11.8. The smallest absolute Gasteiger partial charge is 0.236 e. The Morgan fingerprint density at radius 3 is 2.70 bits per heavy atom. The Bertz CT molecular complexity index is 653. The van der Waals surface area contributed by atoms with E-state index in [1.54, 1.807) is 18.8 Å². The number of rotatable bonds is 7. The number of nitrogens with one attached hydrogen (secondary N) is 1. The summed E-state index contributed by atoms with van der Waals surface area (Å²) in [5.74, 6) is 1.10. The van der Waals surface area contributed by atoms with Gasteiger partial charge in [-0.05, 0) is 25.5 Å². The molecule has 0 unspecified atom stereocenters. The van der Waals surface area contributed by atoms with Gasteiger partial charge in [-0.2, -0.15) is 5.10 Å². The van der Waals surface area contributed by atoms with Crippen molar-refractivity contribution in [3.8, 4) is 11.6 Å². The van der Waals surface area contributed by atoms with E-state index in [4.69, 9.17) is 9.47 Å². The molecule has 0 saturated carbocycles. The van der Waals surface area contributed by atoms with Crippen molar-refractivity contribution in [3.63, 3.8) is 0 Å². The Morgan fingerprint density at radius 1 is 1.35 bits per heavy atom. The highest BCUT2D eigenvalue weighted by Crippen LogP contribution is 2.27. The average molecular weight is 317 g/mol. The van der Waals surface area contributed by atoms with Gasteiger partial charge < -0.3 is 14.8 Å². The largest absolute Gasteiger partial charge is 0.494 e. The monoisotopic (exact) mass is 317 g/mol. The number of anilines is 1. The molecule has 1 aromatic heterocycles. The van der Waals surface area contributed by atoms with Crippen molar-refractivity contribution in [2.75, 3.05) is 19.0 Å². The van der Waals surface area contributed by atoms with Crippen LogP contribution in [0.4, 0.5) is 5.69 Å². The molecule has 1 N–H and O–H groups in total. The molecule has 0 aliphatic heterocycles. The van der Waals surface area contributed by atoms with E-state index >= 15 is 0 Å². The molecular formula is C17H23N3O3. The first-order valence-corrected chi connectivity index (χ1v) is 7.59. The Kier molecular flexibility index (Phi) is 5.62. The minimum Gasteiger partial charge on any atom is -0.494 e. The zero-order chi connectivity index (χ0) is 16.8. The zero-order valence-electron chi connectivity index (χ0n) is 14.0. The fourth-order valence-electron chi connectivity index (χ4n) is 2.26. The van der Waals surface area contributed by atoms with Gasteiger partial charge in [-0.15, -0.1) is 0 Å². The number of nitrogens with zero attached hydrogens (tertiary/aromatic N) is 2. The van der Waals surface area contributed by atoms with Crippen LogP contribution < -0.4 is 14.8 Å². The van der Waals surface area contributed by atoms with Gasteiger partial charge in [0.2, 0.25) is 11.8 Å². The molecule has 2 rings (SSSR count). The predicted octanol–water partition coefficient (Wildman–Crippen LogP) is 2.78. The minimum absolute atomic E-state index is 0.0731. The van der Waals surface area contributed by atoms with Crippen LogP contribution >= 0.6 is 0 Å². The van der Waals surface area contributed by atoms with E-state index in [1.165, 1.54) is 0 Å². The van der Waals surface area contributed by atoms with Crippen LogP contribution in [0, 0.1) is 12.8 Å². The standard InChI is InChI=1S/C17H23N3O3/c1-12(10-11-23-14-8-6-5-7-9-14)16(21)18-15-13(2)19-20(3)17(15)22-4/h5-9,12H,10-11H2,1-4H3,(H,18,21)/t12-/m0/s1. The van der Waals surface area contributed by atoms with Crippen molar-refractivity contribution < 1.29 is 14.3 Å². The molecule has 0 fully saturated rings. The molecule has 0 bridgehead atoms. The third kappa shape index (κ3) is 4.25. The lowest BCUT2D eigenvalue weighted by molar-refractivity contribution is -0.119. The minimum atomic E-state index is -0.178. The highest BCUT2D eigenvalue weighted by Gasteiger charge is 2.20. The summed E-state index contributed by atoms with van der Waals surface area (Å²) < 4.78 is 12.5. The molecule has 23 heavy (non-hydrogen) atoms. The molecule has 0 aliphatic rings. The van der Waals surface area contributed by atoms with Crippen LogP contribution in [0.5, 0.6) is 11.6 Å². The van der Waals surface area contributed by atoms with Gasteiger partial charge in [-0.3, -0.25) is 4.79 Å². The summed E-state index contributed by atoms with van der Waals surface area (Å²) >= 11 is 0. The summed E-state index contributed by atoms with van der Waals surface area (Å²) in [7, 11) is 3.34. The summed E-state index contributed by atoms with van der Waals surface area (Å²) in [4.78, 5) is 12.3. The lowest BCUT2D eigenvalue weighted by Crippen LogP contribution is -2.22. The first kappa shape index (κ1) is 16.9. The maximum atomic E-state index is 12.3. The van der Waals surface area contributed by atoms with Gasteiger partial charge in [0.1, 0.15) is 11.4 Å². The van der Waals surface area contributed by atoms with Gasteiger partial charge in [-0.1, -0.05) is 25.1 Å². The van der Waals surface area contributed by atoms with Crippen LogP contribution in [0.1, 0.15) is 19.0 Å². The molecule has 1 amide bonds. The van der Waals surface area contributed by atoms with Crippen LogP contribution in [-0.4, -0.2) is 29.4 Å². The van der Waals surface area contributed by atoms with Crippen molar-refractivity contribution in [1.82, 2.24) is 9.78 Å². The maximum Gasteiger partial charge on any atom is 0.236 e. The Balaban J connectivity index is 1.88. The van der Waals surface area contributed by atoms with Crippen molar-refractivity contribution in [1.29, 1.82) is 0 Å². The summed E-state index contributed by atoms with van der Waals surface area (Å²) in [5, 5.41) is 7.14. The van der Waals surface area contributed by atoms with Crippen molar-refractivity contribution in [2.24, 2.45) is 13.0 Å². The second-order valence-corrected chi connectivity index (χ2v) is 5.43. The van der Waals surface area contributed by atoms with Gasteiger partial charge in [0.15, 0.2) is 0 Å². The molecule has 1 heterocycles. The fraction of sp³-hybridized carbons (Fsp3) is 0.412. The Labute approximate surface area is 136 Å². The number of ether oxygens (including phenoxy) is 2. The number of carbonyl (C=O) groups excluding carboxylic acids is 1. The molecule has 0 aliphatic carbocycles. The molecule has 6 heteroatoms. The molecule has 124 valence electrons. The SMILES string of the molecule is COc1c(NC(=O)[C@@H](C)CCOc2ccccc2)c(C)nn1C. The Hall–Kier alpha value is -2.50. The molecule has 0 spiro atoms. The molecular weight excluding hydrogens is 294 g/mol. The van der Waals surface area contributed by atoms with E-state index in [0.29, 0.717) is 24.6 Å². The van der Waals surface area contributed by atoms with Crippen molar-refractivity contribution in [2.45, 2.75) is 20.3 Å². The first-order valence-electron chi connectivity index (χ1n) is 7.59. The second-order valence-electron chi connectivity index (χ2n) is 5.43. The summed E-state index contributed by atoms with van der Waals surface area (Å²) in [6, 6.07) is 9.57. The number of benzene rings is 1. The van der Waals surface area contributed by atoms with Gasteiger partial charge in [0.05, 0.1) is 19.4 Å². The predicted molar refractivity (Wildman–Crippen MR) is 88.8 cm³/mol. The number of carbonyl (C=O) groups is 1. The van der Waals surface area contributed by atoms with Gasteiger partial charge in [0, 0.05) is 13.0 Å². The molecule has 1 atom stereocenters. The number of aryl methyl sites for hydroxylation is 2. The number of aromatic nitrogens is 2. The first-order chi connectivity index (χ1) is 11.0. The molecule has 1 aromatic carbocycles. The summed E-state index contributed by atoms with van der Waals surface area (Å²) in [6.45, 7) is 4.20. The van der Waals surface area contributed by atoms with Gasteiger partial charge in [0.25, 0.3) is 0 Å². The summed E-state index contributed by atoms with van der Waals surface area (Å²) in [5.41, 5.74) is 1.35. The van der Waals surface area contributed by atoms with Crippen LogP contribution in [-0.2, 0) is 11.8 Å². The quantitative estimate of drug-likeness (QED) is 0.853. The number of hydrogen-bond donors (Lipinski definition) is 1. The van der Waals surface area contributed by atoms with Gasteiger partial charge >= 0.3 is 0 Å². The van der Waals surface area contributed by atoms with E-state index < -0.39 is 0 Å². The number of para-hydroxylation sites is 1. The number of hydrogen-bond acceptors (Lipinski definition) is 4. The van der Waals surface area contributed by atoms with Crippen molar-refractivity contribution >= 4 is 11.6 Å². The van der Waals surface area contributed by atoms with E-state index in [1.807, 2.05) is 44.2 Å². The molecule has 0 saturated heterocycles. The fourth-order valence-corrected chi connectivity index (χ4v) is 2.26. The summed E-state index contributed by atoms with van der Waals surface area (Å²) in [6.07, 6.45) is 0.627. The highest BCUT2D eigenvalue weighted by molar-refractivity contribution is 5.94. The van der Waals surface area contributed by atoms with E-state index in [-0.39, 0.29) is 11.8 Å². The van der Waals surface area contributed by atoms with Gasteiger partial charge in [-0.25, -0.2) is 4.68 Å². The van der Waals surface area contributed by atoms with E-state index in [2.05, 4.69) is 10.4 Å². The third-order valence-electron chi connectivity index (χ3n) is 3.62. The lowest BCUT2D eigenvalue weighted by Gasteiger charge is -2.13. The number of methoxy groups -OCH3 is 1. The topological polar surface area (TPSA) is 65.4 Å². The molecule has 0 radical (unpaired) electrons. The van der Waals surface area contributed by atoms with E-state index in [0.717, 1.165) is 11.4 Å². The second kappa shape index (κ2) is 7.67. The Morgan fingerprint density at radius 2 is 2.04 bits per heavy atom. The zero-order valence-corrected chi connectivity index (χ0v) is 14.0. The number of amides is 1. The maximum absolute atomic E-state index is 12.3. The van der Waals surface area contributed by atoms with E-state index in [9.17, 15) is 4.79 Å². The van der Waals surface area contributed by atoms with Crippen LogP contribution in [0.15, 0.2) is 30.3 Å². The van der Waals surface area contributed by atoms with Crippen LogP contribution in [0.25, 0.3) is 0 Å². The van der Waals surface area contributed by atoms with Crippen molar-refractivity contribution in [3.05, 3.63) is 36.0 Å². The van der Waals surface area contributed by atoms with Crippen LogP contribution in [0.2, 0.25) is 0 Å². The lowest BCUT2D eigenvalue weighted by atomic mass is 10.1. The van der Waals surface area contributed by atoms with Crippen LogP contribution in [0.3, 0.4) is 0 Å².